The highest BCUT2D eigenvalue weighted by atomic mass is 16.3. The van der Waals surface area contributed by atoms with Crippen molar-refractivity contribution in [3.63, 3.8) is 0 Å². The molecule has 0 radical (unpaired) electrons. The number of hydrogen-bond acceptors (Lipinski definition) is 2. The smallest absolute Gasteiger partial charge is 0.115 e. The zero-order valence-electron chi connectivity index (χ0n) is 14.9. The lowest BCUT2D eigenvalue weighted by Crippen LogP contribution is -2.38. The van der Waals surface area contributed by atoms with E-state index < -0.39 is 0 Å². The summed E-state index contributed by atoms with van der Waals surface area (Å²) in [6, 6.07) is 15.4. The van der Waals surface area contributed by atoms with E-state index in [1.807, 2.05) is 0 Å². The number of hydrogen-bond donors (Lipinski definition) is 2. The van der Waals surface area contributed by atoms with Crippen LogP contribution in [0.2, 0.25) is 0 Å². The third-order valence-corrected chi connectivity index (χ3v) is 6.17. The molecule has 0 aliphatic heterocycles. The second kappa shape index (κ2) is 6.16. The minimum absolute atomic E-state index is 0.0757. The van der Waals surface area contributed by atoms with Gasteiger partial charge in [-0.15, -0.1) is 0 Å². The molecular formula is C22H28O2. The summed E-state index contributed by atoms with van der Waals surface area (Å²) in [6.07, 6.45) is 4.80. The van der Waals surface area contributed by atoms with Gasteiger partial charge in [0.2, 0.25) is 0 Å². The maximum absolute atomic E-state index is 9.57. The van der Waals surface area contributed by atoms with Gasteiger partial charge in [-0.2, -0.15) is 0 Å². The van der Waals surface area contributed by atoms with Crippen LogP contribution in [0.5, 0.6) is 11.5 Å². The van der Waals surface area contributed by atoms with Crippen molar-refractivity contribution in [1.29, 1.82) is 0 Å². The minimum atomic E-state index is 0.0757. The van der Waals surface area contributed by atoms with Crippen LogP contribution in [0.1, 0.15) is 57.6 Å². The molecule has 2 atom stereocenters. The Morgan fingerprint density at radius 3 is 2.04 bits per heavy atom. The second-order valence-corrected chi connectivity index (χ2v) is 8.17. The Labute approximate surface area is 145 Å². The highest BCUT2D eigenvalue weighted by molar-refractivity contribution is 5.34. The SMILES string of the molecule is CC1(c2ccc(O)cc2)CCCC(C(C)(C)c2ccc(O)cc2)C1. The van der Waals surface area contributed by atoms with Crippen LogP contribution in [0.3, 0.4) is 0 Å². The van der Waals surface area contributed by atoms with Crippen molar-refractivity contribution in [3.8, 4) is 11.5 Å². The van der Waals surface area contributed by atoms with Crippen LogP contribution in [-0.4, -0.2) is 10.2 Å². The molecular weight excluding hydrogens is 296 g/mol. The Morgan fingerprint density at radius 2 is 1.46 bits per heavy atom. The number of benzene rings is 2. The predicted octanol–water partition coefficient (Wildman–Crippen LogP) is 5.52. The molecule has 2 aromatic rings. The summed E-state index contributed by atoms with van der Waals surface area (Å²) in [6.45, 7) is 7.01. The summed E-state index contributed by atoms with van der Waals surface area (Å²) < 4.78 is 0. The van der Waals surface area contributed by atoms with Gasteiger partial charge in [-0.05, 0) is 71.4 Å². The first kappa shape index (κ1) is 16.9. The highest BCUT2D eigenvalue weighted by Gasteiger charge is 2.40. The standard InChI is InChI=1S/C22H28O2/c1-21(2,16-6-10-19(23)11-7-16)18-5-4-14-22(3,15-18)17-8-12-20(24)13-9-17/h6-13,18,23-24H,4-5,14-15H2,1-3H3. The van der Waals surface area contributed by atoms with Crippen LogP contribution >= 0.6 is 0 Å². The van der Waals surface area contributed by atoms with Gasteiger partial charge < -0.3 is 10.2 Å². The van der Waals surface area contributed by atoms with Gasteiger partial charge in [-0.3, -0.25) is 0 Å². The molecule has 2 nitrogen and oxygen atoms in total. The minimum Gasteiger partial charge on any atom is -0.508 e. The van der Waals surface area contributed by atoms with E-state index in [-0.39, 0.29) is 10.8 Å². The maximum atomic E-state index is 9.57. The zero-order chi connectivity index (χ0) is 17.4. The fourth-order valence-electron chi connectivity index (χ4n) is 4.36. The fourth-order valence-corrected chi connectivity index (χ4v) is 4.36. The Bertz CT molecular complexity index is 639. The fraction of sp³-hybridized carbons (Fsp3) is 0.455. The molecule has 24 heavy (non-hydrogen) atoms. The average molecular weight is 324 g/mol. The van der Waals surface area contributed by atoms with Crippen LogP contribution < -0.4 is 0 Å². The number of rotatable bonds is 3. The van der Waals surface area contributed by atoms with E-state index >= 15 is 0 Å². The Balaban J connectivity index is 1.86. The molecule has 1 aliphatic carbocycles. The quantitative estimate of drug-likeness (QED) is 0.780. The summed E-state index contributed by atoms with van der Waals surface area (Å²) in [5.74, 6) is 1.25. The molecule has 2 N–H and O–H groups in total. The van der Waals surface area contributed by atoms with E-state index in [0.29, 0.717) is 17.4 Å². The Morgan fingerprint density at radius 1 is 0.917 bits per heavy atom. The molecule has 1 saturated carbocycles. The second-order valence-electron chi connectivity index (χ2n) is 8.17. The van der Waals surface area contributed by atoms with E-state index in [1.165, 1.54) is 30.4 Å². The van der Waals surface area contributed by atoms with Gasteiger partial charge >= 0.3 is 0 Å². The molecule has 1 aliphatic rings. The lowest BCUT2D eigenvalue weighted by atomic mass is 9.59. The van der Waals surface area contributed by atoms with Crippen molar-refractivity contribution >= 4 is 0 Å². The van der Waals surface area contributed by atoms with Crippen molar-refractivity contribution in [3.05, 3.63) is 59.7 Å². The molecule has 0 heterocycles. The van der Waals surface area contributed by atoms with E-state index in [1.54, 1.807) is 24.3 Å². The number of phenols is 2. The molecule has 128 valence electrons. The molecule has 0 aromatic heterocycles. The van der Waals surface area contributed by atoms with Crippen LogP contribution in [-0.2, 0) is 10.8 Å². The van der Waals surface area contributed by atoms with Gasteiger partial charge in [0.15, 0.2) is 0 Å². The third kappa shape index (κ3) is 3.15. The van der Waals surface area contributed by atoms with Gasteiger partial charge in [0.1, 0.15) is 11.5 Å². The van der Waals surface area contributed by atoms with Gasteiger partial charge in [0, 0.05) is 0 Å². The third-order valence-electron chi connectivity index (χ3n) is 6.17. The Kier molecular flexibility index (Phi) is 4.33. The first-order valence-corrected chi connectivity index (χ1v) is 8.90. The lowest BCUT2D eigenvalue weighted by Gasteiger charge is -2.45. The summed E-state index contributed by atoms with van der Waals surface area (Å²) >= 11 is 0. The summed E-state index contributed by atoms with van der Waals surface area (Å²) in [7, 11) is 0. The molecule has 0 spiro atoms. The topological polar surface area (TPSA) is 40.5 Å². The highest BCUT2D eigenvalue weighted by Crippen LogP contribution is 2.49. The largest absolute Gasteiger partial charge is 0.508 e. The van der Waals surface area contributed by atoms with Gasteiger partial charge in [0.25, 0.3) is 0 Å². The molecule has 2 unspecified atom stereocenters. The van der Waals surface area contributed by atoms with Gasteiger partial charge in [-0.25, -0.2) is 0 Å². The average Bonchev–Trinajstić information content (AvgIpc) is 2.56. The van der Waals surface area contributed by atoms with E-state index in [0.717, 1.165) is 6.42 Å². The number of phenolic OH excluding ortho intramolecular Hbond substituents is 2. The molecule has 0 bridgehead atoms. The van der Waals surface area contributed by atoms with Crippen molar-refractivity contribution in [1.82, 2.24) is 0 Å². The van der Waals surface area contributed by atoms with Crippen LogP contribution in [0, 0.1) is 5.92 Å². The maximum Gasteiger partial charge on any atom is 0.115 e. The molecule has 2 aromatic carbocycles. The first-order valence-electron chi connectivity index (χ1n) is 8.90. The normalized spacial score (nSPS) is 24.7. The summed E-state index contributed by atoms with van der Waals surface area (Å²) in [5, 5.41) is 19.1. The summed E-state index contributed by atoms with van der Waals surface area (Å²) in [4.78, 5) is 0. The van der Waals surface area contributed by atoms with Gasteiger partial charge in [-0.1, -0.05) is 51.5 Å². The first-order chi connectivity index (χ1) is 11.3. The van der Waals surface area contributed by atoms with Crippen LogP contribution in [0.4, 0.5) is 0 Å². The van der Waals surface area contributed by atoms with Gasteiger partial charge in [0.05, 0.1) is 0 Å². The predicted molar refractivity (Wildman–Crippen MR) is 98.5 cm³/mol. The summed E-state index contributed by atoms with van der Waals surface area (Å²) in [5.41, 5.74) is 2.85. The van der Waals surface area contributed by atoms with Crippen molar-refractivity contribution in [2.75, 3.05) is 0 Å². The molecule has 1 fully saturated rings. The molecule has 0 saturated heterocycles. The van der Waals surface area contributed by atoms with Crippen LogP contribution in [0.25, 0.3) is 0 Å². The molecule has 0 amide bonds. The van der Waals surface area contributed by atoms with Crippen LogP contribution in [0.15, 0.2) is 48.5 Å². The molecule has 2 heteroatoms. The van der Waals surface area contributed by atoms with Crippen molar-refractivity contribution in [2.24, 2.45) is 5.92 Å². The van der Waals surface area contributed by atoms with E-state index in [4.69, 9.17) is 0 Å². The van der Waals surface area contributed by atoms with E-state index in [2.05, 4.69) is 45.0 Å². The molecule has 3 rings (SSSR count). The van der Waals surface area contributed by atoms with Crippen molar-refractivity contribution < 1.29 is 10.2 Å². The Hall–Kier alpha value is -1.96. The zero-order valence-corrected chi connectivity index (χ0v) is 14.9. The number of aromatic hydroxyl groups is 2. The lowest BCUT2D eigenvalue weighted by molar-refractivity contribution is 0.167. The monoisotopic (exact) mass is 324 g/mol. The van der Waals surface area contributed by atoms with Crippen molar-refractivity contribution in [2.45, 2.75) is 57.3 Å². The van der Waals surface area contributed by atoms with E-state index in [9.17, 15) is 10.2 Å².